The summed E-state index contributed by atoms with van der Waals surface area (Å²) in [6.07, 6.45) is 2.08. The molecule has 0 aliphatic heterocycles. The van der Waals surface area contributed by atoms with E-state index in [1.54, 1.807) is 18.2 Å². The Balaban J connectivity index is 2.30. The van der Waals surface area contributed by atoms with Gasteiger partial charge in [0.2, 0.25) is 11.6 Å². The quantitative estimate of drug-likeness (QED) is 0.379. The van der Waals surface area contributed by atoms with E-state index < -0.39 is 4.92 Å². The molecular formula is C14H14N4O3. The molecule has 21 heavy (non-hydrogen) atoms. The Hall–Kier alpha value is -2.96. The van der Waals surface area contributed by atoms with Crippen LogP contribution in [0.1, 0.15) is 18.1 Å². The van der Waals surface area contributed by atoms with Crippen molar-refractivity contribution in [2.75, 3.05) is 0 Å². The number of aryl methyl sites for hydroxylation is 1. The van der Waals surface area contributed by atoms with Crippen LogP contribution in [0.4, 0.5) is 5.69 Å². The second-order valence-corrected chi connectivity index (χ2v) is 4.31. The van der Waals surface area contributed by atoms with Crippen LogP contribution in [0.3, 0.4) is 0 Å². The first kappa shape index (κ1) is 14.4. The molecule has 2 aromatic rings. The Bertz CT molecular complexity index is 683. The number of hydrogen-bond donors (Lipinski definition) is 2. The van der Waals surface area contributed by atoms with Crippen molar-refractivity contribution in [2.24, 2.45) is 5.73 Å². The maximum Gasteiger partial charge on any atom is 0.311 e. The van der Waals surface area contributed by atoms with Crippen molar-refractivity contribution >= 4 is 11.5 Å². The number of amidine groups is 1. The maximum atomic E-state index is 11.1. The minimum atomic E-state index is -0.488. The van der Waals surface area contributed by atoms with E-state index in [1.165, 1.54) is 18.3 Å². The number of nitrogens with one attached hydrogen (secondary N) is 1. The normalized spacial score (nSPS) is 10.1. The van der Waals surface area contributed by atoms with E-state index in [0.717, 1.165) is 5.56 Å². The summed E-state index contributed by atoms with van der Waals surface area (Å²) < 4.78 is 5.44. The van der Waals surface area contributed by atoms with Crippen molar-refractivity contribution in [3.63, 3.8) is 0 Å². The van der Waals surface area contributed by atoms with E-state index >= 15 is 0 Å². The summed E-state index contributed by atoms with van der Waals surface area (Å²) in [4.78, 5) is 14.6. The van der Waals surface area contributed by atoms with Crippen LogP contribution in [-0.2, 0) is 6.42 Å². The van der Waals surface area contributed by atoms with Gasteiger partial charge in [-0.1, -0.05) is 13.0 Å². The van der Waals surface area contributed by atoms with E-state index in [1.807, 2.05) is 6.92 Å². The zero-order chi connectivity index (χ0) is 15.4. The Morgan fingerprint density at radius 1 is 1.43 bits per heavy atom. The first-order valence-electron chi connectivity index (χ1n) is 6.27. The number of rotatable bonds is 5. The number of aromatic nitrogens is 1. The van der Waals surface area contributed by atoms with Gasteiger partial charge >= 0.3 is 5.69 Å². The number of nitro groups is 1. The first-order chi connectivity index (χ1) is 10.0. The third-order valence-electron chi connectivity index (χ3n) is 2.89. The molecule has 7 nitrogen and oxygen atoms in total. The Morgan fingerprint density at radius 2 is 2.19 bits per heavy atom. The molecule has 0 spiro atoms. The third-order valence-corrected chi connectivity index (χ3v) is 2.89. The molecule has 0 aliphatic rings. The van der Waals surface area contributed by atoms with Gasteiger partial charge in [-0.05, 0) is 24.1 Å². The fourth-order valence-corrected chi connectivity index (χ4v) is 1.72. The molecule has 0 atom stereocenters. The molecule has 0 bridgehead atoms. The number of ether oxygens (including phenoxy) is 1. The highest BCUT2D eigenvalue weighted by Crippen LogP contribution is 2.31. The molecule has 0 saturated heterocycles. The van der Waals surface area contributed by atoms with E-state index in [0.29, 0.717) is 12.0 Å². The molecule has 108 valence electrons. The lowest BCUT2D eigenvalue weighted by Gasteiger charge is -2.07. The van der Waals surface area contributed by atoms with Crippen molar-refractivity contribution < 1.29 is 9.66 Å². The van der Waals surface area contributed by atoms with Gasteiger partial charge < -0.3 is 10.5 Å². The molecule has 1 heterocycles. The molecule has 0 aliphatic carbocycles. The number of benzene rings is 1. The second-order valence-electron chi connectivity index (χ2n) is 4.31. The van der Waals surface area contributed by atoms with Crippen LogP contribution < -0.4 is 10.5 Å². The number of pyridine rings is 1. The van der Waals surface area contributed by atoms with Gasteiger partial charge in [0.05, 0.1) is 4.92 Å². The van der Waals surface area contributed by atoms with Gasteiger partial charge in [0.25, 0.3) is 0 Å². The van der Waals surface area contributed by atoms with Crippen molar-refractivity contribution in [1.82, 2.24) is 4.98 Å². The zero-order valence-corrected chi connectivity index (χ0v) is 11.4. The van der Waals surface area contributed by atoms with Crippen LogP contribution >= 0.6 is 0 Å². The van der Waals surface area contributed by atoms with E-state index in [4.69, 9.17) is 15.9 Å². The number of nitro benzene ring substituents is 1. The van der Waals surface area contributed by atoms with Crippen LogP contribution in [0, 0.1) is 15.5 Å². The molecule has 0 fully saturated rings. The summed E-state index contributed by atoms with van der Waals surface area (Å²) in [7, 11) is 0. The highest BCUT2D eigenvalue weighted by molar-refractivity contribution is 5.94. The smallest absolute Gasteiger partial charge is 0.311 e. The zero-order valence-electron chi connectivity index (χ0n) is 11.4. The molecule has 0 saturated carbocycles. The molecule has 2 rings (SSSR count). The number of hydrogen-bond acceptors (Lipinski definition) is 5. The molecule has 7 heteroatoms. The van der Waals surface area contributed by atoms with E-state index in [2.05, 4.69) is 4.98 Å². The van der Waals surface area contributed by atoms with Crippen LogP contribution in [0.25, 0.3) is 0 Å². The monoisotopic (exact) mass is 286 g/mol. The molecule has 3 N–H and O–H groups in total. The molecule has 1 aromatic heterocycles. The fraction of sp³-hybridized carbons (Fsp3) is 0.143. The number of nitrogen functional groups attached to an aromatic ring is 1. The lowest BCUT2D eigenvalue weighted by atomic mass is 10.1. The molecular weight excluding hydrogens is 272 g/mol. The summed E-state index contributed by atoms with van der Waals surface area (Å²) in [5, 5.41) is 18.4. The first-order valence-corrected chi connectivity index (χ1v) is 6.27. The van der Waals surface area contributed by atoms with Crippen molar-refractivity contribution in [3.8, 4) is 11.6 Å². The average Bonchev–Trinajstić information content (AvgIpc) is 2.48. The van der Waals surface area contributed by atoms with E-state index in [9.17, 15) is 10.1 Å². The van der Waals surface area contributed by atoms with Crippen LogP contribution in [0.15, 0.2) is 36.5 Å². The predicted octanol–water partition coefficient (Wildman–Crippen LogP) is 2.63. The predicted molar refractivity (Wildman–Crippen MR) is 77.8 cm³/mol. The minimum Gasteiger partial charge on any atom is -0.432 e. The summed E-state index contributed by atoms with van der Waals surface area (Å²) in [6, 6.07) is 7.88. The fourth-order valence-electron chi connectivity index (χ4n) is 1.72. The van der Waals surface area contributed by atoms with Crippen molar-refractivity contribution in [2.45, 2.75) is 13.3 Å². The largest absolute Gasteiger partial charge is 0.432 e. The van der Waals surface area contributed by atoms with Crippen LogP contribution in [0.5, 0.6) is 11.6 Å². The van der Waals surface area contributed by atoms with Gasteiger partial charge in [-0.2, -0.15) is 0 Å². The van der Waals surface area contributed by atoms with Gasteiger partial charge in [-0.15, -0.1) is 0 Å². The number of nitrogens with zero attached hydrogens (tertiary/aromatic N) is 2. The highest BCUT2D eigenvalue weighted by atomic mass is 16.6. The van der Waals surface area contributed by atoms with Gasteiger partial charge in [-0.25, -0.2) is 4.98 Å². The maximum absolute atomic E-state index is 11.1. The van der Waals surface area contributed by atoms with E-state index in [-0.39, 0.29) is 23.2 Å². The Morgan fingerprint density at radius 3 is 2.71 bits per heavy atom. The third kappa shape index (κ3) is 3.33. The average molecular weight is 286 g/mol. The van der Waals surface area contributed by atoms with Crippen molar-refractivity contribution in [3.05, 3.63) is 57.8 Å². The van der Waals surface area contributed by atoms with Crippen LogP contribution in [0.2, 0.25) is 0 Å². The summed E-state index contributed by atoms with van der Waals surface area (Å²) in [5.41, 5.74) is 6.53. The summed E-state index contributed by atoms with van der Waals surface area (Å²) in [5.74, 6) is 0.222. The highest BCUT2D eigenvalue weighted by Gasteiger charge is 2.16. The molecule has 0 unspecified atom stereocenters. The lowest BCUT2D eigenvalue weighted by Crippen LogP contribution is -2.11. The van der Waals surface area contributed by atoms with Crippen molar-refractivity contribution in [1.29, 1.82) is 5.41 Å². The molecule has 0 radical (unpaired) electrons. The minimum absolute atomic E-state index is 0.104. The molecule has 0 amide bonds. The second kappa shape index (κ2) is 6.00. The molecule has 1 aromatic carbocycles. The van der Waals surface area contributed by atoms with Gasteiger partial charge in [-0.3, -0.25) is 15.5 Å². The SMILES string of the molecule is CCc1ccc(Oc2ccc(C(=N)N)cn2)c([N+](=O)[O-])c1. The standard InChI is InChI=1S/C14H14N4O3/c1-2-9-3-5-12(11(7-9)18(19)20)21-13-6-4-10(8-17-13)14(15)16/h3-8H,2H2,1H3,(H3,15,16). The van der Waals surface area contributed by atoms with Gasteiger partial charge in [0.1, 0.15) is 5.84 Å². The van der Waals surface area contributed by atoms with Gasteiger partial charge in [0, 0.05) is 23.9 Å². The Labute approximate surface area is 121 Å². The topological polar surface area (TPSA) is 115 Å². The summed E-state index contributed by atoms with van der Waals surface area (Å²) in [6.45, 7) is 1.92. The number of nitrogens with two attached hydrogens (primary N) is 1. The van der Waals surface area contributed by atoms with Gasteiger partial charge in [0.15, 0.2) is 0 Å². The lowest BCUT2D eigenvalue weighted by molar-refractivity contribution is -0.385. The summed E-state index contributed by atoms with van der Waals surface area (Å²) >= 11 is 0. The van der Waals surface area contributed by atoms with Crippen LogP contribution in [-0.4, -0.2) is 15.7 Å². The Kier molecular flexibility index (Phi) is 4.13.